The van der Waals surface area contributed by atoms with Gasteiger partial charge in [-0.05, 0) is 38.5 Å². The second-order valence-corrected chi connectivity index (χ2v) is 5.54. The number of esters is 2. The molecule has 0 fully saturated rings. The van der Waals surface area contributed by atoms with Gasteiger partial charge in [0.1, 0.15) is 13.1 Å². The van der Waals surface area contributed by atoms with Gasteiger partial charge in [0.25, 0.3) is 5.91 Å². The summed E-state index contributed by atoms with van der Waals surface area (Å²) in [5, 5.41) is 0. The zero-order chi connectivity index (χ0) is 21.1. The van der Waals surface area contributed by atoms with E-state index in [0.29, 0.717) is 5.69 Å². The summed E-state index contributed by atoms with van der Waals surface area (Å²) in [6.07, 6.45) is -0.827. The van der Waals surface area contributed by atoms with Crippen LogP contribution in [0.4, 0.5) is 10.5 Å². The molecule has 0 aliphatic carbocycles. The Kier molecular flexibility index (Phi) is 9.28. The number of hydrogen-bond acceptors (Lipinski definition) is 8. The molecule has 0 atom stereocenters. The number of rotatable bonds is 8. The van der Waals surface area contributed by atoms with Crippen molar-refractivity contribution in [2.24, 2.45) is 0 Å². The summed E-state index contributed by atoms with van der Waals surface area (Å²) in [5.74, 6) is -1.64. The van der Waals surface area contributed by atoms with Crippen LogP contribution in [0.15, 0.2) is 18.2 Å². The lowest BCUT2D eigenvalue weighted by molar-refractivity contribution is -0.142. The van der Waals surface area contributed by atoms with Gasteiger partial charge in [0.05, 0.1) is 20.3 Å². The van der Waals surface area contributed by atoms with Gasteiger partial charge in [0.15, 0.2) is 0 Å². The van der Waals surface area contributed by atoms with Gasteiger partial charge in [-0.3, -0.25) is 19.8 Å². The Morgan fingerprint density at radius 2 is 1.54 bits per heavy atom. The van der Waals surface area contributed by atoms with Crippen LogP contribution in [0.25, 0.3) is 0 Å². The number of hydrogen-bond donors (Lipinski definition) is 2. The van der Waals surface area contributed by atoms with Gasteiger partial charge >= 0.3 is 18.0 Å². The van der Waals surface area contributed by atoms with E-state index in [9.17, 15) is 19.2 Å². The number of carbonyl (C=O) groups is 4. The molecule has 0 bridgehead atoms. The lowest BCUT2D eigenvalue weighted by Crippen LogP contribution is -2.41. The molecule has 1 aromatic rings. The second kappa shape index (κ2) is 11.4. The minimum atomic E-state index is -0.827. The summed E-state index contributed by atoms with van der Waals surface area (Å²) in [4.78, 5) is 48.7. The van der Waals surface area contributed by atoms with E-state index in [0.717, 1.165) is 12.7 Å². The standard InChI is InChI=1S/C18H25N3O7/c1-5-27-15(22)10-21(11-16(23)28-6-2)14-9-13(8-7-12(14)3)17(24)19-20-18(25)26-4/h7-9H,5-6,10-11H2,1-4H3,(H,19,24)(H,20,25). The van der Waals surface area contributed by atoms with E-state index < -0.39 is 23.9 Å². The van der Waals surface area contributed by atoms with Gasteiger partial charge in [-0.15, -0.1) is 0 Å². The van der Waals surface area contributed by atoms with Crippen molar-refractivity contribution in [1.82, 2.24) is 10.9 Å². The van der Waals surface area contributed by atoms with E-state index >= 15 is 0 Å². The Balaban J connectivity index is 3.09. The monoisotopic (exact) mass is 395 g/mol. The highest BCUT2D eigenvalue weighted by Crippen LogP contribution is 2.22. The van der Waals surface area contributed by atoms with E-state index in [1.54, 1.807) is 32.9 Å². The number of amides is 2. The molecule has 154 valence electrons. The molecule has 10 heteroatoms. The van der Waals surface area contributed by atoms with Crippen molar-refractivity contribution in [2.75, 3.05) is 38.3 Å². The molecule has 0 heterocycles. The molecule has 0 radical (unpaired) electrons. The Labute approximate surface area is 163 Å². The van der Waals surface area contributed by atoms with Crippen molar-refractivity contribution in [3.63, 3.8) is 0 Å². The third kappa shape index (κ3) is 7.14. The maximum Gasteiger partial charge on any atom is 0.425 e. The summed E-state index contributed by atoms with van der Waals surface area (Å²) < 4.78 is 14.3. The molecule has 0 saturated carbocycles. The number of methoxy groups -OCH3 is 1. The van der Waals surface area contributed by atoms with Gasteiger partial charge in [0.2, 0.25) is 0 Å². The number of nitrogens with one attached hydrogen (secondary N) is 2. The molecule has 28 heavy (non-hydrogen) atoms. The van der Waals surface area contributed by atoms with Crippen LogP contribution in [-0.2, 0) is 23.8 Å². The molecule has 2 amide bonds. The van der Waals surface area contributed by atoms with Crippen LogP contribution in [0.3, 0.4) is 0 Å². The van der Waals surface area contributed by atoms with Crippen LogP contribution < -0.4 is 15.8 Å². The fourth-order valence-electron chi connectivity index (χ4n) is 2.27. The van der Waals surface area contributed by atoms with E-state index in [-0.39, 0.29) is 31.9 Å². The average Bonchev–Trinajstić information content (AvgIpc) is 2.66. The first-order valence-corrected chi connectivity index (χ1v) is 8.63. The Morgan fingerprint density at radius 3 is 2.04 bits per heavy atom. The molecule has 10 nitrogen and oxygen atoms in total. The van der Waals surface area contributed by atoms with Gasteiger partial charge in [-0.2, -0.15) is 0 Å². The van der Waals surface area contributed by atoms with Crippen molar-refractivity contribution in [3.8, 4) is 0 Å². The highest BCUT2D eigenvalue weighted by molar-refractivity contribution is 5.96. The smallest absolute Gasteiger partial charge is 0.425 e. The van der Waals surface area contributed by atoms with Gasteiger partial charge in [-0.1, -0.05) is 6.07 Å². The summed E-state index contributed by atoms with van der Waals surface area (Å²) >= 11 is 0. The predicted molar refractivity (Wildman–Crippen MR) is 99.7 cm³/mol. The fraction of sp³-hybridized carbons (Fsp3) is 0.444. The summed E-state index contributed by atoms with van der Waals surface area (Å²) in [7, 11) is 1.16. The fourth-order valence-corrected chi connectivity index (χ4v) is 2.27. The SMILES string of the molecule is CCOC(=O)CN(CC(=O)OCC)c1cc(C(=O)NNC(=O)OC)ccc1C. The maximum atomic E-state index is 12.2. The van der Waals surface area contributed by atoms with Crippen LogP contribution in [0, 0.1) is 6.92 Å². The summed E-state index contributed by atoms with van der Waals surface area (Å²) in [6.45, 7) is 5.14. The molecular weight excluding hydrogens is 370 g/mol. The molecule has 1 rings (SSSR count). The Hall–Kier alpha value is -3.30. The number of benzene rings is 1. The highest BCUT2D eigenvalue weighted by atomic mass is 16.5. The van der Waals surface area contributed by atoms with E-state index in [1.165, 1.54) is 11.0 Å². The zero-order valence-corrected chi connectivity index (χ0v) is 16.4. The molecule has 0 saturated heterocycles. The largest absolute Gasteiger partial charge is 0.465 e. The molecule has 1 aromatic carbocycles. The average molecular weight is 395 g/mol. The van der Waals surface area contributed by atoms with Crippen LogP contribution in [0.1, 0.15) is 29.8 Å². The normalized spacial score (nSPS) is 9.86. The first kappa shape index (κ1) is 22.7. The summed E-state index contributed by atoms with van der Waals surface area (Å²) in [5.41, 5.74) is 5.67. The van der Waals surface area contributed by atoms with E-state index in [4.69, 9.17) is 9.47 Å². The van der Waals surface area contributed by atoms with Crippen molar-refractivity contribution >= 4 is 29.6 Å². The number of aryl methyl sites for hydroxylation is 1. The van der Waals surface area contributed by atoms with E-state index in [2.05, 4.69) is 15.6 Å². The Bertz CT molecular complexity index is 701. The van der Waals surface area contributed by atoms with Crippen LogP contribution in [-0.4, -0.2) is 57.4 Å². The Morgan fingerprint density at radius 1 is 0.964 bits per heavy atom. The highest BCUT2D eigenvalue weighted by Gasteiger charge is 2.20. The van der Waals surface area contributed by atoms with Crippen LogP contribution in [0.5, 0.6) is 0 Å². The van der Waals surface area contributed by atoms with Crippen molar-refractivity contribution in [1.29, 1.82) is 0 Å². The number of anilines is 1. The minimum Gasteiger partial charge on any atom is -0.465 e. The molecule has 0 unspecified atom stereocenters. The zero-order valence-electron chi connectivity index (χ0n) is 16.4. The molecule has 2 N–H and O–H groups in total. The number of carbonyl (C=O) groups excluding carboxylic acids is 4. The second-order valence-electron chi connectivity index (χ2n) is 5.54. The number of hydrazine groups is 1. The number of nitrogens with zero attached hydrogens (tertiary/aromatic N) is 1. The molecule has 0 aliphatic heterocycles. The first-order chi connectivity index (χ1) is 13.3. The quantitative estimate of drug-likeness (QED) is 0.379. The topological polar surface area (TPSA) is 123 Å². The third-order valence-electron chi connectivity index (χ3n) is 3.53. The van der Waals surface area contributed by atoms with Crippen molar-refractivity contribution in [3.05, 3.63) is 29.3 Å². The minimum absolute atomic E-state index is 0.195. The molecule has 0 aromatic heterocycles. The van der Waals surface area contributed by atoms with Crippen molar-refractivity contribution < 1.29 is 33.4 Å². The maximum absolute atomic E-state index is 12.2. The third-order valence-corrected chi connectivity index (χ3v) is 3.53. The molecular formula is C18H25N3O7. The van der Waals surface area contributed by atoms with Crippen LogP contribution in [0.2, 0.25) is 0 Å². The van der Waals surface area contributed by atoms with Crippen LogP contribution >= 0.6 is 0 Å². The van der Waals surface area contributed by atoms with Gasteiger partial charge in [-0.25, -0.2) is 10.2 Å². The van der Waals surface area contributed by atoms with Gasteiger partial charge < -0.3 is 19.1 Å². The number of ether oxygens (including phenoxy) is 3. The lowest BCUT2D eigenvalue weighted by atomic mass is 10.1. The molecule has 0 spiro atoms. The summed E-state index contributed by atoms with van der Waals surface area (Å²) in [6, 6.07) is 4.70. The lowest BCUT2D eigenvalue weighted by Gasteiger charge is -2.25. The van der Waals surface area contributed by atoms with Crippen molar-refractivity contribution in [2.45, 2.75) is 20.8 Å². The predicted octanol–water partition coefficient (Wildman–Crippen LogP) is 0.928. The first-order valence-electron chi connectivity index (χ1n) is 8.63. The van der Waals surface area contributed by atoms with Gasteiger partial charge in [0, 0.05) is 11.3 Å². The molecule has 0 aliphatic rings. The van der Waals surface area contributed by atoms with E-state index in [1.807, 2.05) is 0 Å².